The first kappa shape index (κ1) is 17.5. The molecule has 3 aromatic rings. The van der Waals surface area contributed by atoms with Gasteiger partial charge >= 0.3 is 0 Å². The Kier molecular flexibility index (Phi) is 3.92. The molecule has 0 spiro atoms. The van der Waals surface area contributed by atoms with Gasteiger partial charge in [-0.25, -0.2) is 0 Å². The Balaban J connectivity index is 1.71. The van der Waals surface area contributed by atoms with Gasteiger partial charge in [-0.05, 0) is 6.07 Å². The van der Waals surface area contributed by atoms with Crippen LogP contribution in [-0.4, -0.2) is 56.0 Å². The van der Waals surface area contributed by atoms with Crippen molar-refractivity contribution in [3.63, 3.8) is 0 Å². The van der Waals surface area contributed by atoms with E-state index in [0.717, 1.165) is 11.3 Å². The lowest BCUT2D eigenvalue weighted by molar-refractivity contribution is -0.169. The number of aromatic amines is 2. The van der Waals surface area contributed by atoms with Gasteiger partial charge in [-0.1, -0.05) is 13.8 Å². The van der Waals surface area contributed by atoms with E-state index in [4.69, 9.17) is 4.74 Å². The largest absolute Gasteiger partial charge is 0.368 e. The molecule has 0 atom stereocenters. The van der Waals surface area contributed by atoms with E-state index in [-0.39, 0.29) is 17.4 Å². The second-order valence-electron chi connectivity index (χ2n) is 7.28. The number of aromatic nitrogens is 5. The average Bonchev–Trinajstić information content (AvgIpc) is 3.23. The van der Waals surface area contributed by atoms with Crippen LogP contribution in [0.1, 0.15) is 19.5 Å². The molecule has 4 rings (SSSR count). The molecule has 2 N–H and O–H groups in total. The van der Waals surface area contributed by atoms with Gasteiger partial charge in [-0.15, -0.1) is 0 Å². The summed E-state index contributed by atoms with van der Waals surface area (Å²) in [6.45, 7) is 4.77. The summed E-state index contributed by atoms with van der Waals surface area (Å²) < 4.78 is 7.58. The zero-order chi connectivity index (χ0) is 19.3. The van der Waals surface area contributed by atoms with E-state index in [1.165, 1.54) is 6.20 Å². The number of nitrogens with zero attached hydrogens (tertiary/aromatic N) is 4. The molecule has 0 saturated carbocycles. The summed E-state index contributed by atoms with van der Waals surface area (Å²) in [6, 6.07) is 1.94. The number of carbonyl (C=O) groups is 1. The normalized spacial score (nSPS) is 16.1. The van der Waals surface area contributed by atoms with Gasteiger partial charge in [-0.2, -0.15) is 10.2 Å². The maximum absolute atomic E-state index is 12.2. The summed E-state index contributed by atoms with van der Waals surface area (Å²) in [5, 5.41) is 11.9. The molecule has 0 radical (unpaired) electrons. The van der Waals surface area contributed by atoms with Gasteiger partial charge in [-0.3, -0.25) is 19.4 Å². The van der Waals surface area contributed by atoms with Gasteiger partial charge < -0.3 is 14.6 Å². The first-order valence-corrected chi connectivity index (χ1v) is 8.80. The van der Waals surface area contributed by atoms with Crippen LogP contribution in [0.15, 0.2) is 23.3 Å². The summed E-state index contributed by atoms with van der Waals surface area (Å²) in [6.07, 6.45) is 3.13. The Morgan fingerprint density at radius 2 is 2.11 bits per heavy atom. The number of hydrogen-bond donors (Lipinski definition) is 2. The van der Waals surface area contributed by atoms with Crippen LogP contribution in [0.5, 0.6) is 0 Å². The molecule has 9 nitrogen and oxygen atoms in total. The maximum atomic E-state index is 12.2. The molecule has 1 amide bonds. The third-order valence-electron chi connectivity index (χ3n) is 5.21. The monoisotopic (exact) mass is 370 g/mol. The molecule has 1 aliphatic heterocycles. The SMILES string of the molecule is COC1(c2cc(-c3c[nH]c(=O)c4cn[nH]c34)nn2C)CN(C(=O)C(C)C)C1. The third-order valence-corrected chi connectivity index (χ3v) is 5.21. The van der Waals surface area contributed by atoms with E-state index in [0.29, 0.717) is 29.7 Å². The van der Waals surface area contributed by atoms with Gasteiger partial charge in [0.2, 0.25) is 5.91 Å². The Labute approximate surface area is 155 Å². The van der Waals surface area contributed by atoms with Crippen LogP contribution in [0.3, 0.4) is 0 Å². The van der Waals surface area contributed by atoms with E-state index in [9.17, 15) is 9.59 Å². The predicted molar refractivity (Wildman–Crippen MR) is 99.0 cm³/mol. The Hall–Kier alpha value is -2.94. The number of H-pyrrole nitrogens is 2. The van der Waals surface area contributed by atoms with Gasteiger partial charge in [0.1, 0.15) is 5.60 Å². The summed E-state index contributed by atoms with van der Waals surface area (Å²) in [5.41, 5.74) is 2.19. The number of fused-ring (bicyclic) bond motifs is 1. The molecule has 3 aromatic heterocycles. The highest BCUT2D eigenvalue weighted by molar-refractivity contribution is 5.91. The summed E-state index contributed by atoms with van der Waals surface area (Å²) in [4.78, 5) is 28.7. The topological polar surface area (TPSA) is 109 Å². The average molecular weight is 370 g/mol. The van der Waals surface area contributed by atoms with Crippen LogP contribution in [0.4, 0.5) is 0 Å². The van der Waals surface area contributed by atoms with E-state index in [1.807, 2.05) is 27.0 Å². The number of nitrogens with one attached hydrogen (secondary N) is 2. The highest BCUT2D eigenvalue weighted by atomic mass is 16.5. The molecule has 4 heterocycles. The van der Waals surface area contributed by atoms with E-state index in [1.54, 1.807) is 22.9 Å². The summed E-state index contributed by atoms with van der Waals surface area (Å²) >= 11 is 0. The van der Waals surface area contributed by atoms with E-state index >= 15 is 0 Å². The van der Waals surface area contributed by atoms with Crippen molar-refractivity contribution in [1.29, 1.82) is 0 Å². The van der Waals surface area contributed by atoms with Crippen LogP contribution in [0.2, 0.25) is 0 Å². The standard InChI is InChI=1S/C18H22N6O3/c1-10(2)17(26)24-8-18(9-24,27-4)14-5-13(22-23(14)3)11-6-19-16(25)12-7-20-21-15(11)12/h5-7,10H,8-9H2,1-4H3,(H,19,25)(H,20,21). The van der Waals surface area contributed by atoms with Gasteiger partial charge in [0.05, 0.1) is 41.6 Å². The fourth-order valence-corrected chi connectivity index (χ4v) is 3.67. The van der Waals surface area contributed by atoms with Crippen LogP contribution in [0.25, 0.3) is 22.2 Å². The minimum absolute atomic E-state index is 0.0447. The number of hydrogen-bond acceptors (Lipinski definition) is 5. The third kappa shape index (κ3) is 2.57. The lowest BCUT2D eigenvalue weighted by Crippen LogP contribution is -2.63. The quantitative estimate of drug-likeness (QED) is 0.712. The Bertz CT molecular complexity index is 1070. The molecule has 1 aliphatic rings. The van der Waals surface area contributed by atoms with Crippen LogP contribution in [-0.2, 0) is 22.2 Å². The van der Waals surface area contributed by atoms with Crippen LogP contribution >= 0.6 is 0 Å². The van der Waals surface area contributed by atoms with Gasteiger partial charge in [0, 0.05) is 31.8 Å². The number of ether oxygens (including phenoxy) is 1. The van der Waals surface area contributed by atoms with Crippen molar-refractivity contribution < 1.29 is 9.53 Å². The van der Waals surface area contributed by atoms with E-state index < -0.39 is 5.60 Å². The fourth-order valence-electron chi connectivity index (χ4n) is 3.67. The highest BCUT2D eigenvalue weighted by Crippen LogP contribution is 2.38. The maximum Gasteiger partial charge on any atom is 0.259 e. The predicted octanol–water partition coefficient (Wildman–Crippen LogP) is 0.992. The lowest BCUT2D eigenvalue weighted by atomic mass is 9.88. The minimum atomic E-state index is -0.583. The summed E-state index contributed by atoms with van der Waals surface area (Å²) in [7, 11) is 3.50. The van der Waals surface area contributed by atoms with Crippen molar-refractivity contribution in [2.45, 2.75) is 19.4 Å². The molecular formula is C18H22N6O3. The number of carbonyl (C=O) groups excluding carboxylic acids is 1. The van der Waals surface area contributed by atoms with Gasteiger partial charge in [0.15, 0.2) is 0 Å². The number of amides is 1. The Morgan fingerprint density at radius 3 is 2.78 bits per heavy atom. The number of likely N-dealkylation sites (tertiary alicyclic amines) is 1. The second-order valence-corrected chi connectivity index (χ2v) is 7.28. The van der Waals surface area contributed by atoms with Crippen molar-refractivity contribution in [2.24, 2.45) is 13.0 Å². The second kappa shape index (κ2) is 6.05. The molecule has 1 fully saturated rings. The minimum Gasteiger partial charge on any atom is -0.368 e. The molecule has 0 aliphatic carbocycles. The Morgan fingerprint density at radius 1 is 1.37 bits per heavy atom. The molecular weight excluding hydrogens is 348 g/mol. The zero-order valence-corrected chi connectivity index (χ0v) is 15.7. The number of aryl methyl sites for hydroxylation is 1. The molecule has 27 heavy (non-hydrogen) atoms. The van der Waals surface area contributed by atoms with Crippen LogP contribution < -0.4 is 5.56 Å². The highest BCUT2D eigenvalue weighted by Gasteiger charge is 2.49. The van der Waals surface area contributed by atoms with Crippen molar-refractivity contribution in [3.8, 4) is 11.3 Å². The number of pyridine rings is 1. The molecule has 9 heteroatoms. The number of rotatable bonds is 4. The number of methoxy groups -OCH3 is 1. The molecule has 0 aromatic carbocycles. The zero-order valence-electron chi connectivity index (χ0n) is 15.7. The molecule has 1 saturated heterocycles. The van der Waals surface area contributed by atoms with Crippen molar-refractivity contribution in [3.05, 3.63) is 34.5 Å². The van der Waals surface area contributed by atoms with Gasteiger partial charge in [0.25, 0.3) is 5.56 Å². The van der Waals surface area contributed by atoms with E-state index in [2.05, 4.69) is 20.3 Å². The lowest BCUT2D eigenvalue weighted by Gasteiger charge is -2.49. The molecule has 0 bridgehead atoms. The van der Waals surface area contributed by atoms with Crippen molar-refractivity contribution in [1.82, 2.24) is 29.9 Å². The molecule has 142 valence electrons. The summed E-state index contributed by atoms with van der Waals surface area (Å²) in [5.74, 6) is 0.0710. The van der Waals surface area contributed by atoms with Crippen molar-refractivity contribution >= 4 is 16.8 Å². The van der Waals surface area contributed by atoms with Crippen LogP contribution in [0, 0.1) is 5.92 Å². The van der Waals surface area contributed by atoms with Crippen molar-refractivity contribution in [2.75, 3.05) is 20.2 Å². The first-order valence-electron chi connectivity index (χ1n) is 8.80. The smallest absolute Gasteiger partial charge is 0.259 e. The first-order chi connectivity index (χ1) is 12.9. The molecule has 0 unspecified atom stereocenters. The fraction of sp³-hybridized carbons (Fsp3) is 0.444.